The lowest BCUT2D eigenvalue weighted by Gasteiger charge is -2.10. The lowest BCUT2D eigenvalue weighted by molar-refractivity contribution is 1.66. The van der Waals surface area contributed by atoms with E-state index in [1.165, 1.54) is 5.39 Å². The first kappa shape index (κ1) is 9.24. The Balaban J connectivity index is 1.90. The maximum absolute atomic E-state index is 8.35. The zero-order valence-corrected chi connectivity index (χ0v) is 12.9. The summed E-state index contributed by atoms with van der Waals surface area (Å²) in [4.78, 5) is 0. The van der Waals surface area contributed by atoms with Gasteiger partial charge in [0, 0.05) is 0 Å². The molecule has 0 aliphatic rings. The van der Waals surface area contributed by atoms with Crippen LogP contribution >= 0.6 is 0 Å². The molecule has 0 fully saturated rings. The SMILES string of the molecule is [2H]c1c([2H])c([2H])c(-c2cccc3c2ccc2cc4ccccc4cc23)c([2H])c1[2H]. The van der Waals surface area contributed by atoms with E-state index in [0.717, 1.165) is 26.9 Å². The van der Waals surface area contributed by atoms with Crippen molar-refractivity contribution in [2.24, 2.45) is 0 Å². The topological polar surface area (TPSA) is 0 Å². The van der Waals surface area contributed by atoms with Crippen LogP contribution in [0.2, 0.25) is 0 Å². The predicted molar refractivity (Wildman–Crippen MR) is 104 cm³/mol. The molecule has 0 aliphatic heterocycles. The Bertz CT molecular complexity index is 1420. The van der Waals surface area contributed by atoms with Gasteiger partial charge in [0.05, 0.1) is 6.85 Å². The molecule has 24 heavy (non-hydrogen) atoms. The van der Waals surface area contributed by atoms with Crippen molar-refractivity contribution < 1.29 is 6.85 Å². The summed E-state index contributed by atoms with van der Waals surface area (Å²) in [6.07, 6.45) is 0. The third kappa shape index (κ3) is 2.00. The fourth-order valence-electron chi connectivity index (χ4n) is 3.38. The molecular weight excluding hydrogens is 288 g/mol. The molecule has 0 unspecified atom stereocenters. The molecule has 5 aromatic rings. The van der Waals surface area contributed by atoms with Gasteiger partial charge in [-0.15, -0.1) is 0 Å². The van der Waals surface area contributed by atoms with Crippen LogP contribution in [-0.4, -0.2) is 0 Å². The lowest BCUT2D eigenvalue weighted by Crippen LogP contribution is -1.84. The molecular formula is C24H16. The van der Waals surface area contributed by atoms with Crippen molar-refractivity contribution in [3.8, 4) is 11.1 Å². The molecule has 0 amide bonds. The summed E-state index contributed by atoms with van der Waals surface area (Å²) in [7, 11) is 0. The smallest absolute Gasteiger partial charge is 0.0622 e. The molecule has 112 valence electrons. The van der Waals surface area contributed by atoms with Crippen LogP contribution in [0, 0.1) is 0 Å². The van der Waals surface area contributed by atoms with Gasteiger partial charge in [0.2, 0.25) is 0 Å². The second-order valence-corrected chi connectivity index (χ2v) is 5.89. The molecule has 0 saturated carbocycles. The Morgan fingerprint density at radius 1 is 0.542 bits per heavy atom. The van der Waals surface area contributed by atoms with Crippen molar-refractivity contribution >= 4 is 32.3 Å². The number of hydrogen-bond acceptors (Lipinski definition) is 0. The Hall–Kier alpha value is -3.12. The molecule has 5 aromatic carbocycles. The molecule has 5 rings (SSSR count). The van der Waals surface area contributed by atoms with Gasteiger partial charge in [-0.1, -0.05) is 84.8 Å². The molecule has 0 radical (unpaired) electrons. The summed E-state index contributed by atoms with van der Waals surface area (Å²) in [6.45, 7) is 0. The van der Waals surface area contributed by atoms with Crippen LogP contribution in [0.5, 0.6) is 0 Å². The highest BCUT2D eigenvalue weighted by Gasteiger charge is 2.07. The van der Waals surface area contributed by atoms with Gasteiger partial charge in [-0.3, -0.25) is 0 Å². The molecule has 0 heteroatoms. The highest BCUT2D eigenvalue weighted by Crippen LogP contribution is 2.34. The van der Waals surface area contributed by atoms with Crippen LogP contribution < -0.4 is 0 Å². The summed E-state index contributed by atoms with van der Waals surface area (Å²) in [5, 5.41) is 6.36. The van der Waals surface area contributed by atoms with Gasteiger partial charge in [-0.05, 0) is 55.6 Å². The quantitative estimate of drug-likeness (QED) is 0.235. The summed E-state index contributed by atoms with van der Waals surface area (Å²) >= 11 is 0. The monoisotopic (exact) mass is 309 g/mol. The molecule has 0 spiro atoms. The normalized spacial score (nSPS) is 14.2. The number of benzene rings is 5. The Morgan fingerprint density at radius 2 is 1.33 bits per heavy atom. The van der Waals surface area contributed by atoms with Gasteiger partial charge in [0.25, 0.3) is 0 Å². The highest BCUT2D eigenvalue weighted by atomic mass is 14.1. The second kappa shape index (κ2) is 5.21. The van der Waals surface area contributed by atoms with Crippen LogP contribution in [0.4, 0.5) is 0 Å². The van der Waals surface area contributed by atoms with Crippen molar-refractivity contribution in [1.82, 2.24) is 0 Å². The number of fused-ring (bicyclic) bond motifs is 4. The van der Waals surface area contributed by atoms with Gasteiger partial charge in [0.15, 0.2) is 0 Å². The van der Waals surface area contributed by atoms with E-state index in [2.05, 4.69) is 24.3 Å². The van der Waals surface area contributed by atoms with E-state index in [4.69, 9.17) is 6.85 Å². The highest BCUT2D eigenvalue weighted by molar-refractivity contribution is 6.15. The van der Waals surface area contributed by atoms with E-state index in [1.807, 2.05) is 42.5 Å². The molecule has 0 heterocycles. The van der Waals surface area contributed by atoms with E-state index < -0.39 is 0 Å². The minimum Gasteiger partial charge on any atom is -0.0622 e. The van der Waals surface area contributed by atoms with Gasteiger partial charge < -0.3 is 0 Å². The van der Waals surface area contributed by atoms with E-state index in [0.29, 0.717) is 5.56 Å². The van der Waals surface area contributed by atoms with Crippen molar-refractivity contribution in [3.63, 3.8) is 0 Å². The Morgan fingerprint density at radius 3 is 2.17 bits per heavy atom. The van der Waals surface area contributed by atoms with Crippen molar-refractivity contribution in [3.05, 3.63) is 96.9 Å². The second-order valence-electron chi connectivity index (χ2n) is 5.89. The van der Waals surface area contributed by atoms with Crippen LogP contribution in [0.25, 0.3) is 43.4 Å². The van der Waals surface area contributed by atoms with Crippen LogP contribution in [0.3, 0.4) is 0 Å². The van der Waals surface area contributed by atoms with Crippen LogP contribution in [0.15, 0.2) is 96.9 Å². The zero-order valence-electron chi connectivity index (χ0n) is 17.9. The van der Waals surface area contributed by atoms with E-state index in [1.54, 1.807) is 0 Å². The van der Waals surface area contributed by atoms with Crippen molar-refractivity contribution in [1.29, 1.82) is 0 Å². The first-order chi connectivity index (χ1) is 14.0. The van der Waals surface area contributed by atoms with E-state index in [-0.39, 0.29) is 35.8 Å². The maximum atomic E-state index is 8.35. The fourth-order valence-corrected chi connectivity index (χ4v) is 3.38. The first-order valence-corrected chi connectivity index (χ1v) is 7.89. The third-order valence-electron chi connectivity index (χ3n) is 4.51. The van der Waals surface area contributed by atoms with E-state index in [9.17, 15) is 0 Å². The molecule has 0 N–H and O–H groups in total. The average molecular weight is 309 g/mol. The number of hydrogen-bond donors (Lipinski definition) is 0. The zero-order chi connectivity index (χ0) is 20.3. The molecule has 0 aromatic heterocycles. The summed E-state index contributed by atoms with van der Waals surface area (Å²) < 4.78 is 40.6. The number of rotatable bonds is 1. The molecule has 0 aliphatic carbocycles. The van der Waals surface area contributed by atoms with E-state index >= 15 is 0 Å². The van der Waals surface area contributed by atoms with Crippen LogP contribution in [-0.2, 0) is 0 Å². The first-order valence-electron chi connectivity index (χ1n) is 10.4. The summed E-state index contributed by atoms with van der Waals surface area (Å²) in [5.74, 6) is 0. The summed E-state index contributed by atoms with van der Waals surface area (Å²) in [6, 6.07) is 20.9. The minimum absolute atomic E-state index is 0.179. The minimum atomic E-state index is -0.374. The predicted octanol–water partition coefficient (Wildman–Crippen LogP) is 6.81. The summed E-state index contributed by atoms with van der Waals surface area (Å²) in [5.41, 5.74) is 0.885. The van der Waals surface area contributed by atoms with Crippen molar-refractivity contribution in [2.45, 2.75) is 0 Å². The molecule has 0 bridgehead atoms. The lowest BCUT2D eigenvalue weighted by atomic mass is 9.93. The average Bonchev–Trinajstić information content (AvgIpc) is 2.75. The Kier molecular flexibility index (Phi) is 2.01. The van der Waals surface area contributed by atoms with Crippen molar-refractivity contribution in [2.75, 3.05) is 0 Å². The van der Waals surface area contributed by atoms with Gasteiger partial charge in [-0.2, -0.15) is 0 Å². The Labute approximate surface area is 148 Å². The molecule has 0 saturated heterocycles. The standard InChI is InChI=1S/C24H16/c1-2-7-17(8-3-1)21-11-6-12-22-23(21)14-13-20-15-18-9-4-5-10-19(18)16-24(20)22/h1-16H/i1D,2D,3D,7D,8D. The largest absolute Gasteiger partial charge is 0.0629 e. The fraction of sp³-hybridized carbons (Fsp3) is 0. The van der Waals surface area contributed by atoms with Gasteiger partial charge in [0.1, 0.15) is 0 Å². The van der Waals surface area contributed by atoms with Crippen LogP contribution in [0.1, 0.15) is 6.85 Å². The van der Waals surface area contributed by atoms with Gasteiger partial charge in [-0.25, -0.2) is 0 Å². The third-order valence-corrected chi connectivity index (χ3v) is 4.51. The maximum Gasteiger partial charge on any atom is 0.0629 e. The molecule has 0 atom stereocenters. The molecule has 0 nitrogen and oxygen atoms in total. The van der Waals surface area contributed by atoms with Gasteiger partial charge >= 0.3 is 0 Å².